The van der Waals surface area contributed by atoms with Crippen LogP contribution in [-0.4, -0.2) is 60.6 Å². The van der Waals surface area contributed by atoms with Crippen LogP contribution in [0.4, 0.5) is 0 Å². The smallest absolute Gasteiger partial charge is 0.320 e. The highest BCUT2D eigenvalue weighted by atomic mass is 16.4. The third-order valence-corrected chi connectivity index (χ3v) is 3.68. The summed E-state index contributed by atoms with van der Waals surface area (Å²) in [6.07, 6.45) is 4.02. The van der Waals surface area contributed by atoms with Crippen molar-refractivity contribution in [3.05, 3.63) is 0 Å². The Morgan fingerprint density at radius 1 is 1.59 bits per heavy atom. The lowest BCUT2D eigenvalue weighted by Gasteiger charge is -2.27. The number of aliphatic carboxylic acids is 1. The van der Waals surface area contributed by atoms with Gasteiger partial charge in [0.2, 0.25) is 0 Å². The van der Waals surface area contributed by atoms with Crippen LogP contribution >= 0.6 is 0 Å². The molecule has 1 aliphatic rings. The molecule has 1 rings (SSSR count). The van der Waals surface area contributed by atoms with E-state index in [0.717, 1.165) is 38.9 Å². The van der Waals surface area contributed by atoms with Gasteiger partial charge >= 0.3 is 5.97 Å². The summed E-state index contributed by atoms with van der Waals surface area (Å²) in [5.41, 5.74) is 0. The Labute approximate surface area is 105 Å². The molecule has 1 heterocycles. The van der Waals surface area contributed by atoms with Gasteiger partial charge in [0.25, 0.3) is 0 Å². The Hall–Kier alpha value is -0.610. The van der Waals surface area contributed by atoms with E-state index in [4.69, 9.17) is 0 Å². The number of carboxylic acid groups (broad SMARTS) is 1. The van der Waals surface area contributed by atoms with Crippen LogP contribution in [0.25, 0.3) is 0 Å². The van der Waals surface area contributed by atoms with E-state index in [1.807, 2.05) is 11.9 Å². The predicted molar refractivity (Wildman–Crippen MR) is 69.2 cm³/mol. The molecule has 1 saturated heterocycles. The molecule has 1 fully saturated rings. The van der Waals surface area contributed by atoms with E-state index in [1.165, 1.54) is 6.42 Å². The number of carbonyl (C=O) groups is 1. The fourth-order valence-corrected chi connectivity index (χ4v) is 2.64. The van der Waals surface area contributed by atoms with Crippen molar-refractivity contribution in [3.8, 4) is 0 Å². The van der Waals surface area contributed by atoms with Crippen molar-refractivity contribution in [2.45, 2.75) is 38.6 Å². The van der Waals surface area contributed by atoms with Gasteiger partial charge in [-0.15, -0.1) is 0 Å². The largest absolute Gasteiger partial charge is 0.480 e. The molecule has 0 bridgehead atoms. The summed E-state index contributed by atoms with van der Waals surface area (Å²) in [5, 5.41) is 9.24. The van der Waals surface area contributed by atoms with Gasteiger partial charge in [0.15, 0.2) is 0 Å². The van der Waals surface area contributed by atoms with Crippen molar-refractivity contribution in [2.75, 3.05) is 33.7 Å². The highest BCUT2D eigenvalue weighted by Gasteiger charge is 2.26. The van der Waals surface area contributed by atoms with E-state index < -0.39 is 5.97 Å². The second-order valence-corrected chi connectivity index (χ2v) is 5.35. The van der Waals surface area contributed by atoms with Gasteiger partial charge < -0.3 is 10.0 Å². The molecule has 1 N–H and O–H groups in total. The summed E-state index contributed by atoms with van der Waals surface area (Å²) < 4.78 is 0. The van der Waals surface area contributed by atoms with Gasteiger partial charge in [-0.3, -0.25) is 9.69 Å². The van der Waals surface area contributed by atoms with Crippen LogP contribution in [0.15, 0.2) is 0 Å². The molecule has 0 radical (unpaired) electrons. The number of hydrogen-bond donors (Lipinski definition) is 1. The molecule has 0 aromatic rings. The zero-order chi connectivity index (χ0) is 12.8. The molecule has 2 unspecified atom stereocenters. The Kier molecular flexibility index (Phi) is 5.92. The molecule has 0 aromatic carbocycles. The first-order valence-electron chi connectivity index (χ1n) is 6.66. The summed E-state index contributed by atoms with van der Waals surface area (Å²) in [6.45, 7) is 5.26. The number of nitrogens with zero attached hydrogens (tertiary/aromatic N) is 2. The number of carboxylic acids is 1. The van der Waals surface area contributed by atoms with Gasteiger partial charge in [0, 0.05) is 13.1 Å². The fourth-order valence-electron chi connectivity index (χ4n) is 2.64. The standard InChI is InChI=1S/C13H26N2O2/c1-4-5-6-12(13(16)17)15(3)10-11-7-8-14(2)9-11/h11-12H,4-10H2,1-3H3,(H,16,17). The molecule has 4 nitrogen and oxygen atoms in total. The summed E-state index contributed by atoms with van der Waals surface area (Å²) in [4.78, 5) is 15.6. The maximum atomic E-state index is 11.2. The molecule has 0 spiro atoms. The van der Waals surface area contributed by atoms with Crippen LogP contribution in [0, 0.1) is 5.92 Å². The van der Waals surface area contributed by atoms with Crippen molar-refractivity contribution in [1.82, 2.24) is 9.80 Å². The topological polar surface area (TPSA) is 43.8 Å². The predicted octanol–water partition coefficient (Wildman–Crippen LogP) is 1.51. The lowest BCUT2D eigenvalue weighted by atomic mass is 10.0. The van der Waals surface area contributed by atoms with Crippen LogP contribution in [0.2, 0.25) is 0 Å². The van der Waals surface area contributed by atoms with E-state index in [0.29, 0.717) is 5.92 Å². The fraction of sp³-hybridized carbons (Fsp3) is 0.923. The minimum Gasteiger partial charge on any atom is -0.480 e. The van der Waals surface area contributed by atoms with Gasteiger partial charge in [0.05, 0.1) is 0 Å². The lowest BCUT2D eigenvalue weighted by molar-refractivity contribution is -0.143. The molecule has 0 aromatic heterocycles. The summed E-state index contributed by atoms with van der Waals surface area (Å²) >= 11 is 0. The molecule has 0 saturated carbocycles. The Morgan fingerprint density at radius 2 is 2.29 bits per heavy atom. The molecule has 0 aliphatic carbocycles. The zero-order valence-electron chi connectivity index (χ0n) is 11.4. The second kappa shape index (κ2) is 6.97. The highest BCUT2D eigenvalue weighted by Crippen LogP contribution is 2.17. The van der Waals surface area contributed by atoms with Gasteiger partial charge in [-0.2, -0.15) is 0 Å². The quantitative estimate of drug-likeness (QED) is 0.735. The normalized spacial score (nSPS) is 23.2. The number of unbranched alkanes of at least 4 members (excludes halogenated alkanes) is 1. The maximum absolute atomic E-state index is 11.2. The number of rotatable bonds is 7. The van der Waals surface area contributed by atoms with E-state index in [2.05, 4.69) is 18.9 Å². The van der Waals surface area contributed by atoms with Crippen molar-refractivity contribution in [3.63, 3.8) is 0 Å². The number of likely N-dealkylation sites (tertiary alicyclic amines) is 1. The van der Waals surface area contributed by atoms with Crippen LogP contribution in [0.5, 0.6) is 0 Å². The van der Waals surface area contributed by atoms with Crippen LogP contribution in [0.3, 0.4) is 0 Å². The van der Waals surface area contributed by atoms with Gasteiger partial charge in [-0.25, -0.2) is 0 Å². The van der Waals surface area contributed by atoms with Gasteiger partial charge in [-0.05, 0) is 39.4 Å². The Bertz CT molecular complexity index is 246. The van der Waals surface area contributed by atoms with Crippen LogP contribution < -0.4 is 0 Å². The van der Waals surface area contributed by atoms with Crippen LogP contribution in [0.1, 0.15) is 32.6 Å². The van der Waals surface area contributed by atoms with E-state index in [9.17, 15) is 9.90 Å². The minimum absolute atomic E-state index is 0.305. The van der Waals surface area contributed by atoms with Crippen LogP contribution in [-0.2, 0) is 4.79 Å². The Balaban J connectivity index is 2.41. The highest BCUT2D eigenvalue weighted by molar-refractivity contribution is 5.73. The molecule has 1 aliphatic heterocycles. The lowest BCUT2D eigenvalue weighted by Crippen LogP contribution is -2.41. The van der Waals surface area contributed by atoms with Gasteiger partial charge in [0.1, 0.15) is 6.04 Å². The molecule has 4 heteroatoms. The first kappa shape index (κ1) is 14.5. The van der Waals surface area contributed by atoms with Crippen molar-refractivity contribution in [1.29, 1.82) is 0 Å². The minimum atomic E-state index is -0.674. The summed E-state index contributed by atoms with van der Waals surface area (Å²) in [5.74, 6) is -0.0409. The zero-order valence-corrected chi connectivity index (χ0v) is 11.4. The average Bonchev–Trinajstić information content (AvgIpc) is 2.64. The summed E-state index contributed by atoms with van der Waals surface area (Å²) in [7, 11) is 4.08. The number of hydrogen-bond acceptors (Lipinski definition) is 3. The first-order valence-corrected chi connectivity index (χ1v) is 6.66. The third kappa shape index (κ3) is 4.64. The van der Waals surface area contributed by atoms with E-state index in [1.54, 1.807) is 0 Å². The molecule has 17 heavy (non-hydrogen) atoms. The molecular formula is C13H26N2O2. The summed E-state index contributed by atoms with van der Waals surface area (Å²) in [6, 6.07) is -0.305. The Morgan fingerprint density at radius 3 is 2.76 bits per heavy atom. The number of likely N-dealkylation sites (N-methyl/N-ethyl adjacent to an activating group) is 1. The van der Waals surface area contributed by atoms with Crippen molar-refractivity contribution < 1.29 is 9.90 Å². The van der Waals surface area contributed by atoms with E-state index in [-0.39, 0.29) is 6.04 Å². The SMILES string of the molecule is CCCCC(C(=O)O)N(C)CC1CCN(C)C1. The molecule has 0 amide bonds. The van der Waals surface area contributed by atoms with Gasteiger partial charge in [-0.1, -0.05) is 19.8 Å². The van der Waals surface area contributed by atoms with Crippen molar-refractivity contribution in [2.24, 2.45) is 5.92 Å². The monoisotopic (exact) mass is 242 g/mol. The molecular weight excluding hydrogens is 216 g/mol. The maximum Gasteiger partial charge on any atom is 0.320 e. The van der Waals surface area contributed by atoms with E-state index >= 15 is 0 Å². The van der Waals surface area contributed by atoms with Crippen molar-refractivity contribution >= 4 is 5.97 Å². The average molecular weight is 242 g/mol. The molecule has 2 atom stereocenters. The second-order valence-electron chi connectivity index (χ2n) is 5.35. The molecule has 100 valence electrons. The first-order chi connectivity index (χ1) is 8.04. The third-order valence-electron chi connectivity index (χ3n) is 3.68.